The summed E-state index contributed by atoms with van der Waals surface area (Å²) in [6.45, 7) is 9.23. The lowest BCUT2D eigenvalue weighted by molar-refractivity contribution is -0.00858. The van der Waals surface area contributed by atoms with Crippen LogP contribution in [0.5, 0.6) is 0 Å². The number of ether oxygens (including phenoxy) is 1. The number of likely N-dealkylation sites (tertiary alicyclic amines) is 1. The zero-order valence-electron chi connectivity index (χ0n) is 11.3. The molecule has 2 heterocycles. The van der Waals surface area contributed by atoms with Crippen LogP contribution in [0.2, 0.25) is 0 Å². The fourth-order valence-electron chi connectivity index (χ4n) is 3.17. The monoisotopic (exact) mass is 303 g/mol. The Kier molecular flexibility index (Phi) is 4.90. The molecule has 3 heteroatoms. The first-order chi connectivity index (χ1) is 8.15. The molecule has 0 aromatic rings. The van der Waals surface area contributed by atoms with Gasteiger partial charge in [0, 0.05) is 37.7 Å². The van der Waals surface area contributed by atoms with E-state index in [1.165, 1.54) is 38.8 Å². The largest absolute Gasteiger partial charge is 0.381 e. The molecule has 0 spiro atoms. The van der Waals surface area contributed by atoms with Gasteiger partial charge in [-0.15, -0.1) is 0 Å². The van der Waals surface area contributed by atoms with Gasteiger partial charge in [-0.1, -0.05) is 22.9 Å². The smallest absolute Gasteiger partial charge is 0.0472 e. The molecule has 0 aromatic carbocycles. The average Bonchev–Trinajstić information content (AvgIpc) is 2.35. The summed E-state index contributed by atoms with van der Waals surface area (Å²) in [6, 6.07) is 0.768. The van der Waals surface area contributed by atoms with Gasteiger partial charge >= 0.3 is 0 Å². The van der Waals surface area contributed by atoms with Crippen LogP contribution in [-0.4, -0.2) is 42.6 Å². The van der Waals surface area contributed by atoms with Crippen LogP contribution in [0.1, 0.15) is 39.5 Å². The summed E-state index contributed by atoms with van der Waals surface area (Å²) in [7, 11) is 0. The summed E-state index contributed by atoms with van der Waals surface area (Å²) in [5.74, 6) is 0.874. The van der Waals surface area contributed by atoms with Crippen LogP contribution in [0.25, 0.3) is 0 Å². The van der Waals surface area contributed by atoms with Crippen LogP contribution >= 0.6 is 15.9 Å². The number of piperidine rings is 1. The summed E-state index contributed by atoms with van der Waals surface area (Å²) in [4.78, 5) is 2.72. The lowest BCUT2D eigenvalue weighted by Crippen LogP contribution is -2.49. The molecule has 0 saturated carbocycles. The summed E-state index contributed by atoms with van der Waals surface area (Å²) in [5, 5.41) is 1.13. The van der Waals surface area contributed by atoms with Crippen molar-refractivity contribution >= 4 is 15.9 Å². The van der Waals surface area contributed by atoms with Gasteiger partial charge in [-0.25, -0.2) is 0 Å². The van der Waals surface area contributed by atoms with Crippen molar-refractivity contribution in [2.45, 2.75) is 45.6 Å². The normalized spacial score (nSPS) is 34.8. The Morgan fingerprint density at radius 1 is 1.24 bits per heavy atom. The number of nitrogens with zero attached hydrogens (tertiary/aromatic N) is 1. The second-order valence-corrected chi connectivity index (χ2v) is 6.77. The highest BCUT2D eigenvalue weighted by Crippen LogP contribution is 2.35. The van der Waals surface area contributed by atoms with Crippen molar-refractivity contribution in [3.05, 3.63) is 0 Å². The Balaban J connectivity index is 1.96. The van der Waals surface area contributed by atoms with E-state index in [0.29, 0.717) is 5.41 Å². The first-order valence-electron chi connectivity index (χ1n) is 7.03. The predicted octanol–water partition coefficient (Wildman–Crippen LogP) is 3.30. The van der Waals surface area contributed by atoms with E-state index in [1.54, 1.807) is 0 Å². The van der Waals surface area contributed by atoms with Gasteiger partial charge in [0.2, 0.25) is 0 Å². The van der Waals surface area contributed by atoms with Crippen molar-refractivity contribution in [2.75, 3.05) is 31.6 Å². The molecule has 2 aliphatic rings. The highest BCUT2D eigenvalue weighted by Gasteiger charge is 2.36. The third-order valence-electron chi connectivity index (χ3n) is 4.62. The maximum Gasteiger partial charge on any atom is 0.0472 e. The molecule has 0 N–H and O–H groups in total. The number of hydrogen-bond donors (Lipinski definition) is 0. The SMILES string of the molecule is CC1CCC(C)N(CC2(CBr)CCOCC2)C1. The second kappa shape index (κ2) is 6.03. The molecule has 100 valence electrons. The highest BCUT2D eigenvalue weighted by molar-refractivity contribution is 9.09. The molecule has 2 saturated heterocycles. The van der Waals surface area contributed by atoms with Gasteiger partial charge in [-0.3, -0.25) is 4.90 Å². The molecule has 2 fully saturated rings. The molecule has 2 nitrogen and oxygen atoms in total. The van der Waals surface area contributed by atoms with Crippen molar-refractivity contribution in [3.63, 3.8) is 0 Å². The van der Waals surface area contributed by atoms with Gasteiger partial charge in [0.1, 0.15) is 0 Å². The zero-order valence-corrected chi connectivity index (χ0v) is 12.8. The number of alkyl halides is 1. The van der Waals surface area contributed by atoms with E-state index in [1.807, 2.05) is 0 Å². The minimum Gasteiger partial charge on any atom is -0.381 e. The average molecular weight is 304 g/mol. The lowest BCUT2D eigenvalue weighted by Gasteiger charge is -2.45. The van der Waals surface area contributed by atoms with Crippen molar-refractivity contribution in [1.29, 1.82) is 0 Å². The van der Waals surface area contributed by atoms with Crippen LogP contribution in [0.4, 0.5) is 0 Å². The first kappa shape index (κ1) is 13.8. The van der Waals surface area contributed by atoms with Crippen LogP contribution in [0.3, 0.4) is 0 Å². The summed E-state index contributed by atoms with van der Waals surface area (Å²) in [5.41, 5.74) is 0.462. The van der Waals surface area contributed by atoms with Crippen LogP contribution in [0.15, 0.2) is 0 Å². The Bertz CT molecular complexity index is 240. The van der Waals surface area contributed by atoms with Crippen molar-refractivity contribution in [1.82, 2.24) is 4.90 Å². The number of halogens is 1. The number of hydrogen-bond acceptors (Lipinski definition) is 2. The minimum absolute atomic E-state index is 0.462. The van der Waals surface area contributed by atoms with E-state index in [9.17, 15) is 0 Å². The molecule has 2 unspecified atom stereocenters. The van der Waals surface area contributed by atoms with E-state index in [4.69, 9.17) is 4.74 Å². The van der Waals surface area contributed by atoms with Gasteiger partial charge in [0.05, 0.1) is 0 Å². The van der Waals surface area contributed by atoms with E-state index in [-0.39, 0.29) is 0 Å². The van der Waals surface area contributed by atoms with E-state index < -0.39 is 0 Å². The standard InChI is InChI=1S/C14H26BrNO/c1-12-3-4-13(2)16(9-12)11-14(10-15)5-7-17-8-6-14/h12-13H,3-11H2,1-2H3. The third kappa shape index (κ3) is 3.45. The predicted molar refractivity (Wildman–Crippen MR) is 75.7 cm³/mol. The van der Waals surface area contributed by atoms with Gasteiger partial charge < -0.3 is 4.74 Å². The minimum atomic E-state index is 0.462. The molecule has 2 aliphatic heterocycles. The maximum absolute atomic E-state index is 5.52. The maximum atomic E-state index is 5.52. The van der Waals surface area contributed by atoms with Crippen LogP contribution in [-0.2, 0) is 4.74 Å². The molecular weight excluding hydrogens is 278 g/mol. The van der Waals surface area contributed by atoms with Crippen molar-refractivity contribution in [3.8, 4) is 0 Å². The summed E-state index contributed by atoms with van der Waals surface area (Å²) in [6.07, 6.45) is 5.21. The first-order valence-corrected chi connectivity index (χ1v) is 8.15. The molecule has 0 aromatic heterocycles. The Morgan fingerprint density at radius 3 is 2.59 bits per heavy atom. The molecule has 0 bridgehead atoms. The van der Waals surface area contributed by atoms with E-state index in [0.717, 1.165) is 30.5 Å². The molecule has 0 aliphatic carbocycles. The van der Waals surface area contributed by atoms with Gasteiger partial charge in [0.15, 0.2) is 0 Å². The fraction of sp³-hybridized carbons (Fsp3) is 1.00. The van der Waals surface area contributed by atoms with Gasteiger partial charge in [-0.05, 0) is 43.9 Å². The van der Waals surface area contributed by atoms with E-state index >= 15 is 0 Å². The zero-order chi connectivity index (χ0) is 12.3. The van der Waals surface area contributed by atoms with Gasteiger partial charge in [-0.2, -0.15) is 0 Å². The quantitative estimate of drug-likeness (QED) is 0.742. The fourth-order valence-corrected chi connectivity index (χ4v) is 3.91. The molecule has 0 amide bonds. The Morgan fingerprint density at radius 2 is 1.94 bits per heavy atom. The van der Waals surface area contributed by atoms with Crippen molar-refractivity contribution < 1.29 is 4.74 Å². The lowest BCUT2D eigenvalue weighted by atomic mass is 9.80. The van der Waals surface area contributed by atoms with Gasteiger partial charge in [0.25, 0.3) is 0 Å². The molecular formula is C14H26BrNO. The summed E-state index contributed by atoms with van der Waals surface area (Å²) < 4.78 is 5.52. The molecule has 2 rings (SSSR count). The third-order valence-corrected chi connectivity index (χ3v) is 5.81. The second-order valence-electron chi connectivity index (χ2n) is 6.21. The topological polar surface area (TPSA) is 12.5 Å². The molecule has 0 radical (unpaired) electrons. The number of rotatable bonds is 3. The molecule has 2 atom stereocenters. The van der Waals surface area contributed by atoms with Crippen LogP contribution < -0.4 is 0 Å². The van der Waals surface area contributed by atoms with Crippen LogP contribution in [0, 0.1) is 11.3 Å². The van der Waals surface area contributed by atoms with Crippen molar-refractivity contribution in [2.24, 2.45) is 11.3 Å². The Hall–Kier alpha value is 0.400. The van der Waals surface area contributed by atoms with E-state index in [2.05, 4.69) is 34.7 Å². The summed E-state index contributed by atoms with van der Waals surface area (Å²) >= 11 is 3.75. The Labute approximate surface area is 114 Å². The highest BCUT2D eigenvalue weighted by atomic mass is 79.9. The molecule has 17 heavy (non-hydrogen) atoms.